The Hall–Kier alpha value is -1.59. The molecule has 1 aromatic rings. The first-order valence-electron chi connectivity index (χ1n) is 7.80. The Kier molecular flexibility index (Phi) is 6.02. The molecular formula is C17H24ClN3O2. The zero-order valence-electron chi connectivity index (χ0n) is 14.0. The van der Waals surface area contributed by atoms with E-state index >= 15 is 0 Å². The third kappa shape index (κ3) is 4.94. The van der Waals surface area contributed by atoms with Crippen LogP contribution < -0.4 is 0 Å². The van der Waals surface area contributed by atoms with Gasteiger partial charge in [0.2, 0.25) is 11.8 Å². The third-order valence-corrected chi connectivity index (χ3v) is 4.37. The maximum absolute atomic E-state index is 12.4. The molecule has 0 aromatic heterocycles. The Bertz CT molecular complexity index is 577. The van der Waals surface area contributed by atoms with E-state index in [9.17, 15) is 9.59 Å². The molecule has 0 unspecified atom stereocenters. The van der Waals surface area contributed by atoms with Crippen LogP contribution in [0, 0.1) is 5.92 Å². The van der Waals surface area contributed by atoms with Crippen molar-refractivity contribution in [2.45, 2.75) is 13.5 Å². The van der Waals surface area contributed by atoms with Crippen LogP contribution in [-0.2, 0) is 16.1 Å². The van der Waals surface area contributed by atoms with E-state index in [1.54, 1.807) is 30.8 Å². The van der Waals surface area contributed by atoms with Crippen molar-refractivity contribution in [3.05, 3.63) is 34.9 Å². The highest BCUT2D eigenvalue weighted by molar-refractivity contribution is 6.30. The van der Waals surface area contributed by atoms with Crippen molar-refractivity contribution in [3.63, 3.8) is 0 Å². The molecule has 0 saturated carbocycles. The van der Waals surface area contributed by atoms with Crippen molar-refractivity contribution in [1.29, 1.82) is 0 Å². The molecule has 126 valence electrons. The lowest BCUT2D eigenvalue weighted by Gasteiger charge is -2.25. The van der Waals surface area contributed by atoms with Crippen molar-refractivity contribution in [3.8, 4) is 0 Å². The summed E-state index contributed by atoms with van der Waals surface area (Å²) in [5, 5.41) is 0.712. The maximum atomic E-state index is 12.4. The van der Waals surface area contributed by atoms with E-state index < -0.39 is 0 Å². The highest BCUT2D eigenvalue weighted by Crippen LogP contribution is 2.17. The molecule has 1 atom stereocenters. The first-order valence-corrected chi connectivity index (χ1v) is 8.18. The van der Waals surface area contributed by atoms with Crippen LogP contribution in [0.4, 0.5) is 0 Å². The van der Waals surface area contributed by atoms with Crippen molar-refractivity contribution in [2.24, 2.45) is 5.92 Å². The molecule has 1 aliphatic rings. The molecule has 1 fully saturated rings. The first kappa shape index (κ1) is 17.8. The van der Waals surface area contributed by atoms with Crippen molar-refractivity contribution in [2.75, 3.05) is 40.3 Å². The second-order valence-corrected chi connectivity index (χ2v) is 6.70. The predicted octanol–water partition coefficient (Wildman–Crippen LogP) is 1.71. The zero-order chi connectivity index (χ0) is 17.0. The van der Waals surface area contributed by atoms with Gasteiger partial charge in [0, 0.05) is 58.8 Å². The van der Waals surface area contributed by atoms with E-state index in [1.807, 2.05) is 24.3 Å². The number of halogens is 1. The molecule has 0 N–H and O–H groups in total. The lowest BCUT2D eigenvalue weighted by molar-refractivity contribution is -0.135. The number of nitrogens with zero attached hydrogens (tertiary/aromatic N) is 3. The second-order valence-electron chi connectivity index (χ2n) is 6.26. The van der Waals surface area contributed by atoms with Crippen LogP contribution in [0.15, 0.2) is 24.3 Å². The summed E-state index contributed by atoms with van der Waals surface area (Å²) in [4.78, 5) is 29.8. The lowest BCUT2D eigenvalue weighted by atomic mass is 10.1. The highest BCUT2D eigenvalue weighted by atomic mass is 35.5. The molecule has 23 heavy (non-hydrogen) atoms. The summed E-state index contributed by atoms with van der Waals surface area (Å²) in [6.07, 6.45) is 0. The van der Waals surface area contributed by atoms with Gasteiger partial charge in [0.1, 0.15) is 0 Å². The normalized spacial score (nSPS) is 19.3. The fourth-order valence-electron chi connectivity index (χ4n) is 2.92. The van der Waals surface area contributed by atoms with Crippen LogP contribution in [0.25, 0.3) is 0 Å². The van der Waals surface area contributed by atoms with Crippen molar-refractivity contribution in [1.82, 2.24) is 14.7 Å². The molecule has 1 heterocycles. The van der Waals surface area contributed by atoms with Gasteiger partial charge in [-0.25, -0.2) is 0 Å². The predicted molar refractivity (Wildman–Crippen MR) is 91.2 cm³/mol. The summed E-state index contributed by atoms with van der Waals surface area (Å²) in [5.41, 5.74) is 1.12. The van der Waals surface area contributed by atoms with E-state index in [2.05, 4.69) is 4.90 Å². The van der Waals surface area contributed by atoms with Crippen LogP contribution in [0.3, 0.4) is 0 Å². The molecule has 2 amide bonds. The molecule has 0 radical (unpaired) electrons. The monoisotopic (exact) mass is 337 g/mol. The van der Waals surface area contributed by atoms with Crippen LogP contribution in [-0.4, -0.2) is 66.8 Å². The largest absolute Gasteiger partial charge is 0.348 e. The molecule has 1 saturated heterocycles. The third-order valence-electron chi connectivity index (χ3n) is 4.14. The van der Waals surface area contributed by atoms with Gasteiger partial charge >= 0.3 is 0 Å². The van der Waals surface area contributed by atoms with Gasteiger partial charge in [-0.1, -0.05) is 23.7 Å². The van der Waals surface area contributed by atoms with Gasteiger partial charge in [-0.3, -0.25) is 14.5 Å². The number of hydrogen-bond donors (Lipinski definition) is 0. The Balaban J connectivity index is 2.13. The van der Waals surface area contributed by atoms with Crippen LogP contribution >= 0.6 is 11.6 Å². The topological polar surface area (TPSA) is 43.9 Å². The maximum Gasteiger partial charge on any atom is 0.228 e. The zero-order valence-corrected chi connectivity index (χ0v) is 14.7. The first-order chi connectivity index (χ1) is 10.9. The standard InChI is InChI=1S/C17H24ClN3O2/c1-13(22)21-8-7-20(10-14-5-4-6-16(18)9-14)11-15(12-21)17(23)19(2)3/h4-6,9,15H,7-8,10-12H2,1-3H3/t15-/m1/s1. The summed E-state index contributed by atoms with van der Waals surface area (Å²) in [6.45, 7) is 4.81. The second kappa shape index (κ2) is 7.79. The van der Waals surface area contributed by atoms with Crippen LogP contribution in [0.1, 0.15) is 12.5 Å². The summed E-state index contributed by atoms with van der Waals surface area (Å²) in [6, 6.07) is 7.75. The molecule has 1 aromatic carbocycles. The lowest BCUT2D eigenvalue weighted by Crippen LogP contribution is -2.41. The van der Waals surface area contributed by atoms with Crippen molar-refractivity contribution < 1.29 is 9.59 Å². The fraction of sp³-hybridized carbons (Fsp3) is 0.529. The highest BCUT2D eigenvalue weighted by Gasteiger charge is 2.29. The van der Waals surface area contributed by atoms with Gasteiger partial charge in [-0.2, -0.15) is 0 Å². The number of benzene rings is 1. The quantitative estimate of drug-likeness (QED) is 0.843. The molecule has 0 spiro atoms. The van der Waals surface area contributed by atoms with E-state index in [0.717, 1.165) is 18.7 Å². The molecule has 5 nitrogen and oxygen atoms in total. The van der Waals surface area contributed by atoms with Crippen molar-refractivity contribution >= 4 is 23.4 Å². The SMILES string of the molecule is CC(=O)N1CCN(Cc2cccc(Cl)c2)C[C@@H](C(=O)N(C)C)C1. The minimum Gasteiger partial charge on any atom is -0.348 e. The number of amides is 2. The fourth-order valence-corrected chi connectivity index (χ4v) is 3.14. The Morgan fingerprint density at radius 3 is 2.61 bits per heavy atom. The van der Waals surface area contributed by atoms with Gasteiger partial charge in [-0.05, 0) is 17.7 Å². The summed E-state index contributed by atoms with van der Waals surface area (Å²) in [5.74, 6) is -0.115. The summed E-state index contributed by atoms with van der Waals surface area (Å²) >= 11 is 6.05. The Labute approximate surface area is 142 Å². The van der Waals surface area contributed by atoms with Gasteiger partial charge < -0.3 is 9.80 Å². The van der Waals surface area contributed by atoms with E-state index in [0.29, 0.717) is 24.7 Å². The Morgan fingerprint density at radius 1 is 1.26 bits per heavy atom. The smallest absolute Gasteiger partial charge is 0.228 e. The van der Waals surface area contributed by atoms with Gasteiger partial charge in [-0.15, -0.1) is 0 Å². The number of hydrogen-bond acceptors (Lipinski definition) is 3. The van der Waals surface area contributed by atoms with E-state index in [4.69, 9.17) is 11.6 Å². The van der Waals surface area contributed by atoms with E-state index in [1.165, 1.54) is 0 Å². The van der Waals surface area contributed by atoms with E-state index in [-0.39, 0.29) is 17.7 Å². The molecule has 2 rings (SSSR count). The molecule has 1 aliphatic heterocycles. The average Bonchev–Trinajstić information content (AvgIpc) is 2.69. The van der Waals surface area contributed by atoms with Gasteiger partial charge in [0.15, 0.2) is 0 Å². The molecule has 6 heteroatoms. The Morgan fingerprint density at radius 2 is 2.00 bits per heavy atom. The minimum atomic E-state index is -0.199. The summed E-state index contributed by atoms with van der Waals surface area (Å²) < 4.78 is 0. The average molecular weight is 338 g/mol. The van der Waals surface area contributed by atoms with Gasteiger partial charge in [0.05, 0.1) is 5.92 Å². The van der Waals surface area contributed by atoms with Crippen LogP contribution in [0.5, 0.6) is 0 Å². The number of carbonyl (C=O) groups excluding carboxylic acids is 2. The molecular weight excluding hydrogens is 314 g/mol. The molecule has 0 bridgehead atoms. The minimum absolute atomic E-state index is 0.0196. The number of rotatable bonds is 3. The van der Waals surface area contributed by atoms with Gasteiger partial charge in [0.25, 0.3) is 0 Å². The molecule has 0 aliphatic carbocycles. The number of carbonyl (C=O) groups is 2. The summed E-state index contributed by atoms with van der Waals surface area (Å²) in [7, 11) is 3.51. The van der Waals surface area contributed by atoms with Crippen LogP contribution in [0.2, 0.25) is 5.02 Å².